The maximum Gasteiger partial charge on any atom is 0.340 e. The molecule has 0 unspecified atom stereocenters. The SMILES string of the molecule is COC(=O)c1cc(F)ccc1NC(=O)c1cccnc1Br. The molecular formula is C14H10BrFN2O3. The van der Waals surface area contributed by atoms with E-state index in [1.54, 1.807) is 12.1 Å². The number of pyridine rings is 1. The van der Waals surface area contributed by atoms with Crippen molar-refractivity contribution in [3.8, 4) is 0 Å². The van der Waals surface area contributed by atoms with E-state index in [4.69, 9.17) is 0 Å². The van der Waals surface area contributed by atoms with Gasteiger partial charge in [-0.15, -0.1) is 0 Å². The second-order valence-corrected chi connectivity index (χ2v) is 4.73. The number of rotatable bonds is 3. The van der Waals surface area contributed by atoms with E-state index in [0.29, 0.717) is 4.60 Å². The van der Waals surface area contributed by atoms with Crippen molar-refractivity contribution < 1.29 is 18.7 Å². The van der Waals surface area contributed by atoms with E-state index in [1.807, 2.05) is 0 Å². The molecule has 5 nitrogen and oxygen atoms in total. The van der Waals surface area contributed by atoms with Gasteiger partial charge in [0.25, 0.3) is 5.91 Å². The molecule has 0 bridgehead atoms. The zero-order chi connectivity index (χ0) is 15.4. The average Bonchev–Trinajstić information content (AvgIpc) is 2.48. The Balaban J connectivity index is 2.34. The number of nitrogens with zero attached hydrogens (tertiary/aromatic N) is 1. The molecule has 0 aliphatic rings. The molecule has 2 rings (SSSR count). The Hall–Kier alpha value is -2.28. The van der Waals surface area contributed by atoms with E-state index in [2.05, 4.69) is 31.0 Å². The largest absolute Gasteiger partial charge is 0.465 e. The van der Waals surface area contributed by atoms with Crippen molar-refractivity contribution in [2.45, 2.75) is 0 Å². The zero-order valence-corrected chi connectivity index (χ0v) is 12.5. The fourth-order valence-electron chi connectivity index (χ4n) is 1.65. The number of ether oxygens (including phenoxy) is 1. The predicted octanol–water partition coefficient (Wildman–Crippen LogP) is 3.02. The van der Waals surface area contributed by atoms with E-state index < -0.39 is 17.7 Å². The highest BCUT2D eigenvalue weighted by Crippen LogP contribution is 2.20. The third kappa shape index (κ3) is 3.43. The van der Waals surface area contributed by atoms with E-state index >= 15 is 0 Å². The van der Waals surface area contributed by atoms with Crippen molar-refractivity contribution in [2.24, 2.45) is 0 Å². The number of carbonyl (C=O) groups is 2. The second-order valence-electron chi connectivity index (χ2n) is 3.98. The van der Waals surface area contributed by atoms with E-state index in [9.17, 15) is 14.0 Å². The van der Waals surface area contributed by atoms with Gasteiger partial charge in [-0.05, 0) is 46.3 Å². The molecule has 2 aromatic rings. The van der Waals surface area contributed by atoms with Crippen LogP contribution >= 0.6 is 15.9 Å². The molecule has 1 aromatic heterocycles. The Kier molecular flexibility index (Phi) is 4.64. The summed E-state index contributed by atoms with van der Waals surface area (Å²) in [5, 5.41) is 2.53. The average molecular weight is 353 g/mol. The summed E-state index contributed by atoms with van der Waals surface area (Å²) in [5.74, 6) is -1.82. The van der Waals surface area contributed by atoms with Gasteiger partial charge in [-0.3, -0.25) is 4.79 Å². The number of halogens is 2. The van der Waals surface area contributed by atoms with E-state index in [0.717, 1.165) is 12.1 Å². The third-order valence-electron chi connectivity index (χ3n) is 2.64. The van der Waals surface area contributed by atoms with Gasteiger partial charge in [0.05, 0.1) is 23.9 Å². The van der Waals surface area contributed by atoms with Gasteiger partial charge in [-0.1, -0.05) is 0 Å². The van der Waals surface area contributed by atoms with Gasteiger partial charge in [-0.2, -0.15) is 0 Å². The normalized spacial score (nSPS) is 10.0. The van der Waals surface area contributed by atoms with Gasteiger partial charge in [0.2, 0.25) is 0 Å². The number of anilines is 1. The number of nitrogens with one attached hydrogen (secondary N) is 1. The highest BCUT2D eigenvalue weighted by atomic mass is 79.9. The molecule has 1 amide bonds. The Bertz CT molecular complexity index is 706. The van der Waals surface area contributed by atoms with Crippen LogP contribution in [0.25, 0.3) is 0 Å². The van der Waals surface area contributed by atoms with Crippen molar-refractivity contribution in [2.75, 3.05) is 12.4 Å². The molecule has 1 N–H and O–H groups in total. The number of hydrogen-bond donors (Lipinski definition) is 1. The molecule has 0 aliphatic carbocycles. The Morgan fingerprint density at radius 2 is 2.05 bits per heavy atom. The first-order valence-electron chi connectivity index (χ1n) is 5.82. The fourth-order valence-corrected chi connectivity index (χ4v) is 2.08. The molecule has 21 heavy (non-hydrogen) atoms. The molecule has 0 aliphatic heterocycles. The van der Waals surface area contributed by atoms with Gasteiger partial charge in [-0.25, -0.2) is 14.2 Å². The van der Waals surface area contributed by atoms with Crippen LogP contribution in [0.3, 0.4) is 0 Å². The molecule has 1 heterocycles. The second kappa shape index (κ2) is 6.45. The smallest absolute Gasteiger partial charge is 0.340 e. The zero-order valence-electron chi connectivity index (χ0n) is 10.9. The lowest BCUT2D eigenvalue weighted by molar-refractivity contribution is 0.0601. The summed E-state index contributed by atoms with van der Waals surface area (Å²) >= 11 is 3.16. The lowest BCUT2D eigenvalue weighted by Crippen LogP contribution is -2.16. The van der Waals surface area contributed by atoms with Crippen LogP contribution in [0, 0.1) is 5.82 Å². The summed E-state index contributed by atoms with van der Waals surface area (Å²) in [4.78, 5) is 27.7. The topological polar surface area (TPSA) is 68.3 Å². The molecule has 0 saturated heterocycles. The summed E-state index contributed by atoms with van der Waals surface area (Å²) in [6.07, 6.45) is 1.53. The summed E-state index contributed by atoms with van der Waals surface area (Å²) in [7, 11) is 1.18. The lowest BCUT2D eigenvalue weighted by atomic mass is 10.1. The minimum atomic E-state index is -0.741. The number of carbonyl (C=O) groups excluding carboxylic acids is 2. The number of methoxy groups -OCH3 is 1. The molecule has 108 valence electrons. The number of hydrogen-bond acceptors (Lipinski definition) is 4. The van der Waals surface area contributed by atoms with Crippen molar-refractivity contribution in [3.05, 3.63) is 58.1 Å². The number of amides is 1. The summed E-state index contributed by atoms with van der Waals surface area (Å²) in [6, 6.07) is 6.60. The third-order valence-corrected chi connectivity index (χ3v) is 3.27. The molecule has 0 fully saturated rings. The Labute approximate surface area is 128 Å². The Morgan fingerprint density at radius 1 is 1.29 bits per heavy atom. The van der Waals surface area contributed by atoms with Crippen LogP contribution in [-0.4, -0.2) is 24.0 Å². The molecule has 0 saturated carbocycles. The maximum absolute atomic E-state index is 13.2. The highest BCUT2D eigenvalue weighted by Gasteiger charge is 2.17. The summed E-state index contributed by atoms with van der Waals surface area (Å²) < 4.78 is 18.2. The lowest BCUT2D eigenvalue weighted by Gasteiger charge is -2.10. The van der Waals surface area contributed by atoms with Crippen LogP contribution in [0.15, 0.2) is 41.1 Å². The maximum atomic E-state index is 13.2. The predicted molar refractivity (Wildman–Crippen MR) is 77.6 cm³/mol. The first-order valence-corrected chi connectivity index (χ1v) is 6.62. The van der Waals surface area contributed by atoms with Gasteiger partial charge in [0, 0.05) is 6.20 Å². The quantitative estimate of drug-likeness (QED) is 0.680. The summed E-state index contributed by atoms with van der Waals surface area (Å²) in [6.45, 7) is 0. The molecule has 1 aromatic carbocycles. The van der Waals surface area contributed by atoms with E-state index in [1.165, 1.54) is 19.4 Å². The van der Waals surface area contributed by atoms with Crippen molar-refractivity contribution >= 4 is 33.5 Å². The Morgan fingerprint density at radius 3 is 2.71 bits per heavy atom. The number of aromatic nitrogens is 1. The van der Waals surface area contributed by atoms with Crippen LogP contribution in [0.1, 0.15) is 20.7 Å². The molecule has 0 spiro atoms. The minimum absolute atomic E-state index is 0.0640. The van der Waals surface area contributed by atoms with Crippen LogP contribution in [0.4, 0.5) is 10.1 Å². The van der Waals surface area contributed by atoms with Crippen LogP contribution in [0.5, 0.6) is 0 Å². The van der Waals surface area contributed by atoms with Gasteiger partial charge in [0.15, 0.2) is 0 Å². The fraction of sp³-hybridized carbons (Fsp3) is 0.0714. The van der Waals surface area contributed by atoms with Crippen LogP contribution in [0.2, 0.25) is 0 Å². The van der Waals surface area contributed by atoms with Crippen LogP contribution < -0.4 is 5.32 Å². The van der Waals surface area contributed by atoms with Crippen LogP contribution in [-0.2, 0) is 4.74 Å². The molecular weight excluding hydrogens is 343 g/mol. The van der Waals surface area contributed by atoms with E-state index in [-0.39, 0.29) is 16.8 Å². The van der Waals surface area contributed by atoms with Gasteiger partial charge < -0.3 is 10.1 Å². The van der Waals surface area contributed by atoms with Crippen molar-refractivity contribution in [1.82, 2.24) is 4.98 Å². The molecule has 7 heteroatoms. The number of esters is 1. The van der Waals surface area contributed by atoms with Gasteiger partial charge in [0.1, 0.15) is 10.4 Å². The number of benzene rings is 1. The van der Waals surface area contributed by atoms with Gasteiger partial charge >= 0.3 is 5.97 Å². The highest BCUT2D eigenvalue weighted by molar-refractivity contribution is 9.10. The standard InChI is InChI=1S/C14H10BrFN2O3/c1-21-14(20)10-7-8(16)4-5-11(10)18-13(19)9-3-2-6-17-12(9)15/h2-7H,1H3,(H,18,19). The minimum Gasteiger partial charge on any atom is -0.465 e. The molecule has 0 atom stereocenters. The molecule has 0 radical (unpaired) electrons. The van der Waals surface area contributed by atoms with Crippen molar-refractivity contribution in [1.29, 1.82) is 0 Å². The summed E-state index contributed by atoms with van der Waals surface area (Å²) in [5.41, 5.74) is 0.382. The first-order chi connectivity index (χ1) is 10.0. The first kappa shape index (κ1) is 15.1. The monoisotopic (exact) mass is 352 g/mol. The van der Waals surface area contributed by atoms with Crippen molar-refractivity contribution in [3.63, 3.8) is 0 Å².